The third kappa shape index (κ3) is 75.2. The van der Waals surface area contributed by atoms with E-state index in [9.17, 15) is 39.6 Å². The summed E-state index contributed by atoms with van der Waals surface area (Å²) in [7, 11) is 0. The van der Waals surface area contributed by atoms with Crippen molar-refractivity contribution in [3.8, 4) is 0 Å². The van der Waals surface area contributed by atoms with Crippen LogP contribution in [-0.2, 0) is 19.2 Å². The monoisotopic (exact) mass is 612 g/mol. The Morgan fingerprint density at radius 1 is 0.448 bits per heavy atom. The summed E-state index contributed by atoms with van der Waals surface area (Å²) in [6.07, 6.45) is 0.667. The smallest absolute Gasteiger partial charge is 0.550 e. The molecule has 0 saturated carbocycles. The van der Waals surface area contributed by atoms with E-state index in [0.717, 1.165) is 0 Å². The molecule has 0 aromatic rings. The molecule has 0 radical (unpaired) electrons. The van der Waals surface area contributed by atoms with Crippen LogP contribution in [0, 0.1) is 23.7 Å². The van der Waals surface area contributed by atoms with Gasteiger partial charge < -0.3 is 39.6 Å². The minimum absolute atomic E-state index is 0. The molecule has 0 aliphatic rings. The quantitative estimate of drug-likeness (QED) is 0.308. The Bertz CT molecular complexity index is 352. The van der Waals surface area contributed by atoms with Crippen molar-refractivity contribution in [3.05, 3.63) is 0 Å². The fourth-order valence-corrected chi connectivity index (χ4v) is 1.33. The van der Waals surface area contributed by atoms with Crippen LogP contribution in [0.1, 0.15) is 81.1 Å². The molecule has 0 fully saturated rings. The molecule has 0 atom stereocenters. The van der Waals surface area contributed by atoms with Gasteiger partial charge in [0.15, 0.2) is 0 Å². The van der Waals surface area contributed by atoms with Crippen LogP contribution in [0.25, 0.3) is 0 Å². The SMILES string of the molecule is CC(C)CC(=O)[O-].CC(C)CC(=O)[O-].CC(C)CC(=O)[O-].CC(C)CC(=O)[O-].[Pb+4]. The fourth-order valence-electron chi connectivity index (χ4n) is 1.33. The molecule has 0 aromatic carbocycles. The molecule has 0 saturated heterocycles. The molecule has 0 aliphatic heterocycles. The van der Waals surface area contributed by atoms with Crippen molar-refractivity contribution in [1.82, 2.24) is 0 Å². The molecule has 0 aromatic heterocycles. The zero-order valence-electron chi connectivity index (χ0n) is 18.9. The second-order valence-electron chi connectivity index (χ2n) is 7.88. The van der Waals surface area contributed by atoms with E-state index in [1.54, 1.807) is 0 Å². The van der Waals surface area contributed by atoms with Gasteiger partial charge >= 0.3 is 27.3 Å². The van der Waals surface area contributed by atoms with Gasteiger partial charge in [0.25, 0.3) is 0 Å². The topological polar surface area (TPSA) is 161 Å². The first kappa shape index (κ1) is 38.4. The number of carbonyl (C=O) groups is 4. The van der Waals surface area contributed by atoms with E-state index < -0.39 is 23.9 Å². The number of hydrogen-bond donors (Lipinski definition) is 0. The third-order valence-corrected chi connectivity index (χ3v) is 2.30. The van der Waals surface area contributed by atoms with E-state index in [2.05, 4.69) is 0 Å². The van der Waals surface area contributed by atoms with Gasteiger partial charge in [-0.2, -0.15) is 0 Å². The first-order valence-corrected chi connectivity index (χ1v) is 9.30. The Morgan fingerprint density at radius 2 is 0.552 bits per heavy atom. The zero-order chi connectivity index (χ0) is 23.4. The Hall–Kier alpha value is -1.20. The second kappa shape index (κ2) is 24.8. The normalized spacial score (nSPS) is 9.24. The van der Waals surface area contributed by atoms with Gasteiger partial charge in [0.1, 0.15) is 0 Å². The van der Waals surface area contributed by atoms with Crippen molar-refractivity contribution < 1.29 is 39.6 Å². The van der Waals surface area contributed by atoms with Crippen LogP contribution in [0.2, 0.25) is 0 Å². The molecule has 0 spiro atoms. The van der Waals surface area contributed by atoms with Gasteiger partial charge in [-0.3, -0.25) is 0 Å². The molecule has 0 N–H and O–H groups in total. The molecule has 0 aliphatic carbocycles. The Kier molecular flexibility index (Phi) is 32.9. The molecule has 0 bridgehead atoms. The van der Waals surface area contributed by atoms with Gasteiger partial charge in [0, 0.05) is 23.9 Å². The predicted molar refractivity (Wildman–Crippen MR) is 104 cm³/mol. The summed E-state index contributed by atoms with van der Waals surface area (Å²) in [5, 5.41) is 38.8. The molecule has 9 heteroatoms. The maximum atomic E-state index is 9.70. The van der Waals surface area contributed by atoms with Gasteiger partial charge in [-0.05, 0) is 49.4 Å². The first-order valence-electron chi connectivity index (χ1n) is 9.30. The summed E-state index contributed by atoms with van der Waals surface area (Å²) in [6, 6.07) is 0. The molecule has 0 amide bonds. The molecule has 29 heavy (non-hydrogen) atoms. The summed E-state index contributed by atoms with van der Waals surface area (Å²) in [4.78, 5) is 38.8. The summed E-state index contributed by atoms with van der Waals surface area (Å²) in [5.41, 5.74) is 0. The molecular formula is C20H36O8Pb. The van der Waals surface area contributed by atoms with Gasteiger partial charge in [-0.15, -0.1) is 0 Å². The van der Waals surface area contributed by atoms with Crippen LogP contribution < -0.4 is 20.4 Å². The summed E-state index contributed by atoms with van der Waals surface area (Å²) < 4.78 is 0. The number of aliphatic carboxylic acids is 4. The van der Waals surface area contributed by atoms with Crippen LogP contribution in [0.4, 0.5) is 0 Å². The van der Waals surface area contributed by atoms with E-state index in [0.29, 0.717) is 0 Å². The largest absolute Gasteiger partial charge is 4.00 e. The van der Waals surface area contributed by atoms with E-state index in [1.165, 1.54) is 0 Å². The minimum Gasteiger partial charge on any atom is -0.550 e. The molecule has 168 valence electrons. The van der Waals surface area contributed by atoms with Gasteiger partial charge in [0.2, 0.25) is 0 Å². The average Bonchev–Trinajstić information content (AvgIpc) is 2.32. The molecule has 8 nitrogen and oxygen atoms in total. The first-order chi connectivity index (χ1) is 12.5. The number of hydrogen-bond acceptors (Lipinski definition) is 8. The fraction of sp³-hybridized carbons (Fsp3) is 0.800. The van der Waals surface area contributed by atoms with Crippen molar-refractivity contribution in [2.75, 3.05) is 0 Å². The molecule has 0 unspecified atom stereocenters. The minimum atomic E-state index is -0.963. The third-order valence-electron chi connectivity index (χ3n) is 2.30. The van der Waals surface area contributed by atoms with Crippen LogP contribution in [0.15, 0.2) is 0 Å². The van der Waals surface area contributed by atoms with Crippen molar-refractivity contribution >= 4 is 51.2 Å². The van der Waals surface area contributed by atoms with Gasteiger partial charge in [-0.1, -0.05) is 55.4 Å². The Balaban J connectivity index is -0.0000000873. The van der Waals surface area contributed by atoms with Crippen molar-refractivity contribution in [1.29, 1.82) is 0 Å². The van der Waals surface area contributed by atoms with E-state index in [-0.39, 0.29) is 76.7 Å². The van der Waals surface area contributed by atoms with Crippen molar-refractivity contribution in [3.63, 3.8) is 0 Å². The van der Waals surface area contributed by atoms with Crippen molar-refractivity contribution in [2.45, 2.75) is 81.1 Å². The van der Waals surface area contributed by atoms with E-state index in [1.807, 2.05) is 55.4 Å². The summed E-state index contributed by atoms with van der Waals surface area (Å²) >= 11 is 0. The Labute approximate surface area is 195 Å². The van der Waals surface area contributed by atoms with Crippen LogP contribution in [0.3, 0.4) is 0 Å². The van der Waals surface area contributed by atoms with Crippen LogP contribution in [0.5, 0.6) is 0 Å². The molecule has 0 rings (SSSR count). The van der Waals surface area contributed by atoms with E-state index in [4.69, 9.17) is 0 Å². The molecular weight excluding hydrogens is 575 g/mol. The zero-order valence-corrected chi connectivity index (χ0v) is 22.8. The average molecular weight is 612 g/mol. The molecule has 0 heterocycles. The van der Waals surface area contributed by atoms with Gasteiger partial charge in [-0.25, -0.2) is 0 Å². The van der Waals surface area contributed by atoms with Crippen LogP contribution >= 0.6 is 0 Å². The van der Waals surface area contributed by atoms with Gasteiger partial charge in [0.05, 0.1) is 0 Å². The number of carboxylic acid groups (broad SMARTS) is 4. The number of carbonyl (C=O) groups excluding carboxylic acids is 4. The van der Waals surface area contributed by atoms with Crippen molar-refractivity contribution in [2.24, 2.45) is 23.7 Å². The standard InChI is InChI=1S/4C5H10O2.Pb/c4*1-4(2)3-5(6)7;/h4*4H,3H2,1-2H3,(H,6,7);/q;;;;+4/p-4. The van der Waals surface area contributed by atoms with E-state index >= 15 is 0 Å². The second-order valence-corrected chi connectivity index (χ2v) is 7.88. The summed E-state index contributed by atoms with van der Waals surface area (Å²) in [6.45, 7) is 14.7. The predicted octanol–water partition coefficient (Wildman–Crippen LogP) is -1.25. The van der Waals surface area contributed by atoms with Crippen LogP contribution in [-0.4, -0.2) is 51.2 Å². The maximum absolute atomic E-state index is 9.70. The Morgan fingerprint density at radius 3 is 0.552 bits per heavy atom. The number of rotatable bonds is 8. The maximum Gasteiger partial charge on any atom is 4.00 e. The summed E-state index contributed by atoms with van der Waals surface area (Å²) in [5.74, 6) is -3.00. The number of carboxylic acids is 4.